The van der Waals surface area contributed by atoms with Crippen LogP contribution in [0.3, 0.4) is 0 Å². The van der Waals surface area contributed by atoms with Crippen LogP contribution in [0.5, 0.6) is 5.75 Å². The van der Waals surface area contributed by atoms with Crippen LogP contribution in [0, 0.1) is 11.8 Å². The molecule has 1 unspecified atom stereocenters. The second-order valence-corrected chi connectivity index (χ2v) is 4.07. The summed E-state index contributed by atoms with van der Waals surface area (Å²) in [5.74, 6) is 5.94. The Morgan fingerprint density at radius 1 is 1.39 bits per heavy atom. The Morgan fingerprint density at radius 3 is 2.50 bits per heavy atom. The fourth-order valence-electron chi connectivity index (χ4n) is 1.11. The number of urea groups is 1. The third-order valence-corrected chi connectivity index (χ3v) is 2.21. The van der Waals surface area contributed by atoms with Crippen molar-refractivity contribution in [3.63, 3.8) is 0 Å². The van der Waals surface area contributed by atoms with Crippen LogP contribution in [0.1, 0.15) is 6.92 Å². The molecule has 0 saturated carbocycles. The first-order chi connectivity index (χ1) is 8.52. The van der Waals surface area contributed by atoms with Crippen molar-refractivity contribution in [2.75, 3.05) is 19.4 Å². The number of anilines is 1. The van der Waals surface area contributed by atoms with E-state index in [4.69, 9.17) is 16.3 Å². The van der Waals surface area contributed by atoms with Gasteiger partial charge in [-0.2, -0.15) is 0 Å². The molecule has 96 valence electrons. The zero-order valence-electron chi connectivity index (χ0n) is 10.5. The lowest BCUT2D eigenvalue weighted by atomic mass is 10.3. The van der Waals surface area contributed by atoms with Crippen molar-refractivity contribution in [2.45, 2.75) is 12.5 Å². The summed E-state index contributed by atoms with van der Waals surface area (Å²) in [7, 11) is 3.35. The molecule has 0 spiro atoms. The molecule has 18 heavy (non-hydrogen) atoms. The van der Waals surface area contributed by atoms with Gasteiger partial charge in [0.2, 0.25) is 5.56 Å². The van der Waals surface area contributed by atoms with E-state index in [2.05, 4.69) is 17.2 Å². The van der Waals surface area contributed by atoms with Crippen molar-refractivity contribution >= 4 is 23.3 Å². The molecule has 0 aliphatic heterocycles. The minimum absolute atomic E-state index is 0.185. The number of carbonyl (C=O) groups is 1. The molecule has 1 atom stereocenters. The number of hydrogen-bond donors (Lipinski definition) is 1. The molecule has 0 heterocycles. The third kappa shape index (κ3) is 4.56. The zero-order chi connectivity index (χ0) is 13.5. The highest BCUT2D eigenvalue weighted by molar-refractivity contribution is 6.21. The lowest BCUT2D eigenvalue weighted by Gasteiger charge is -2.12. The maximum atomic E-state index is 11.4. The van der Waals surface area contributed by atoms with Crippen LogP contribution in [0.25, 0.3) is 0 Å². The monoisotopic (exact) mass is 266 g/mol. The van der Waals surface area contributed by atoms with E-state index in [1.807, 2.05) is 0 Å². The van der Waals surface area contributed by atoms with Gasteiger partial charge in [0.05, 0.1) is 0 Å². The van der Waals surface area contributed by atoms with Crippen molar-refractivity contribution < 1.29 is 9.53 Å². The second-order valence-electron chi connectivity index (χ2n) is 3.68. The number of rotatable bonds is 3. The van der Waals surface area contributed by atoms with E-state index in [9.17, 15) is 4.79 Å². The van der Waals surface area contributed by atoms with E-state index >= 15 is 0 Å². The molecular weight excluding hydrogens is 252 g/mol. The first-order valence-electron chi connectivity index (χ1n) is 5.34. The first kappa shape index (κ1) is 14.2. The summed E-state index contributed by atoms with van der Waals surface area (Å²) in [5, 5.41) is 2.72. The largest absolute Gasteiger partial charge is 0.463 e. The van der Waals surface area contributed by atoms with Gasteiger partial charge in [0.25, 0.3) is 0 Å². The Labute approximate surface area is 112 Å². The Bertz CT molecular complexity index is 460. The van der Waals surface area contributed by atoms with Gasteiger partial charge in [-0.1, -0.05) is 11.6 Å². The molecule has 0 aromatic heterocycles. The Balaban J connectivity index is 2.62. The minimum atomic E-state index is -0.669. The minimum Gasteiger partial charge on any atom is -0.463 e. The van der Waals surface area contributed by atoms with Crippen LogP contribution in [-0.4, -0.2) is 30.6 Å². The van der Waals surface area contributed by atoms with Crippen LogP contribution < -0.4 is 10.1 Å². The average Bonchev–Trinajstić information content (AvgIpc) is 2.31. The van der Waals surface area contributed by atoms with Gasteiger partial charge in [0.15, 0.2) is 0 Å². The number of alkyl halides is 1. The zero-order valence-corrected chi connectivity index (χ0v) is 11.3. The molecule has 1 aromatic rings. The second kappa shape index (κ2) is 6.77. The molecule has 0 radical (unpaired) electrons. The summed E-state index contributed by atoms with van der Waals surface area (Å²) in [4.78, 5) is 12.9. The van der Waals surface area contributed by atoms with Crippen LogP contribution in [0.15, 0.2) is 24.3 Å². The predicted octanol–water partition coefficient (Wildman–Crippen LogP) is 2.75. The van der Waals surface area contributed by atoms with E-state index < -0.39 is 5.56 Å². The van der Waals surface area contributed by atoms with Crippen LogP contribution >= 0.6 is 11.6 Å². The van der Waals surface area contributed by atoms with Crippen LogP contribution in [0.2, 0.25) is 0 Å². The Kier molecular flexibility index (Phi) is 5.34. The van der Waals surface area contributed by atoms with Crippen LogP contribution in [-0.2, 0) is 0 Å². The highest BCUT2D eigenvalue weighted by Crippen LogP contribution is 2.17. The Hall–Kier alpha value is -1.86. The molecule has 1 rings (SSSR count). The lowest BCUT2D eigenvalue weighted by Crippen LogP contribution is -2.27. The number of amides is 2. The lowest BCUT2D eigenvalue weighted by molar-refractivity contribution is 0.230. The molecular formula is C13H15ClN2O2. The van der Waals surface area contributed by atoms with Gasteiger partial charge < -0.3 is 15.0 Å². The molecule has 0 aliphatic rings. The molecule has 5 heteroatoms. The number of halogens is 1. The highest BCUT2D eigenvalue weighted by atomic mass is 35.5. The smallest absolute Gasteiger partial charge is 0.321 e. The summed E-state index contributed by atoms with van der Waals surface area (Å²) in [6.07, 6.45) is 0. The summed E-state index contributed by atoms with van der Waals surface area (Å²) in [5.41, 5.74) is 0.0194. The van der Waals surface area contributed by atoms with E-state index in [0.717, 1.165) is 0 Å². The number of benzene rings is 1. The van der Waals surface area contributed by atoms with Gasteiger partial charge in [-0.3, -0.25) is 0 Å². The topological polar surface area (TPSA) is 41.6 Å². The van der Waals surface area contributed by atoms with Crippen molar-refractivity contribution in [2.24, 2.45) is 0 Å². The van der Waals surface area contributed by atoms with Crippen molar-refractivity contribution in [1.82, 2.24) is 4.90 Å². The SMILES string of the molecule is CC#CC(Cl)Oc1ccc(NC(=O)N(C)C)cc1. The molecule has 0 saturated heterocycles. The van der Waals surface area contributed by atoms with Gasteiger partial charge in [0.1, 0.15) is 5.75 Å². The molecule has 0 fully saturated rings. The van der Waals surface area contributed by atoms with Crippen molar-refractivity contribution in [1.29, 1.82) is 0 Å². The van der Waals surface area contributed by atoms with E-state index in [1.165, 1.54) is 4.90 Å². The fourth-order valence-corrected chi connectivity index (χ4v) is 1.33. The summed E-state index contributed by atoms with van der Waals surface area (Å²) >= 11 is 5.81. The molecule has 2 amide bonds. The van der Waals surface area contributed by atoms with Gasteiger partial charge in [-0.25, -0.2) is 4.79 Å². The summed E-state index contributed by atoms with van der Waals surface area (Å²) < 4.78 is 5.33. The van der Waals surface area contributed by atoms with E-state index in [0.29, 0.717) is 11.4 Å². The van der Waals surface area contributed by atoms with E-state index in [-0.39, 0.29) is 6.03 Å². The van der Waals surface area contributed by atoms with Crippen LogP contribution in [0.4, 0.5) is 10.5 Å². The Morgan fingerprint density at radius 2 is 2.00 bits per heavy atom. The molecule has 0 aliphatic carbocycles. The van der Waals surface area contributed by atoms with Gasteiger partial charge in [0, 0.05) is 19.8 Å². The van der Waals surface area contributed by atoms with E-state index in [1.54, 1.807) is 45.3 Å². The predicted molar refractivity (Wildman–Crippen MR) is 72.9 cm³/mol. The normalized spacial score (nSPS) is 10.9. The maximum absolute atomic E-state index is 11.4. The molecule has 1 aromatic carbocycles. The molecule has 4 nitrogen and oxygen atoms in total. The van der Waals surface area contributed by atoms with Crippen molar-refractivity contribution in [3.8, 4) is 17.6 Å². The average molecular weight is 267 g/mol. The summed E-state index contributed by atoms with van der Waals surface area (Å²) in [6, 6.07) is 6.73. The molecule has 1 N–H and O–H groups in total. The van der Waals surface area contributed by atoms with Gasteiger partial charge in [-0.05, 0) is 37.1 Å². The fraction of sp³-hybridized carbons (Fsp3) is 0.308. The molecule has 0 bridgehead atoms. The highest BCUT2D eigenvalue weighted by Gasteiger charge is 2.05. The number of carbonyl (C=O) groups excluding carboxylic acids is 1. The number of hydrogen-bond acceptors (Lipinski definition) is 2. The van der Waals surface area contributed by atoms with Gasteiger partial charge in [-0.15, -0.1) is 5.92 Å². The number of nitrogens with one attached hydrogen (secondary N) is 1. The first-order valence-corrected chi connectivity index (χ1v) is 5.78. The number of ether oxygens (including phenoxy) is 1. The summed E-state index contributed by atoms with van der Waals surface area (Å²) in [6.45, 7) is 1.69. The quantitative estimate of drug-likeness (QED) is 0.675. The third-order valence-electron chi connectivity index (χ3n) is 2.01. The standard InChI is InChI=1S/C13H15ClN2O2/c1-4-5-12(14)18-11-8-6-10(7-9-11)15-13(17)16(2)3/h6-9,12H,1-3H3,(H,15,17). The number of nitrogens with zero attached hydrogens (tertiary/aromatic N) is 1. The van der Waals surface area contributed by atoms with Crippen molar-refractivity contribution in [3.05, 3.63) is 24.3 Å². The van der Waals surface area contributed by atoms with Gasteiger partial charge >= 0.3 is 6.03 Å². The maximum Gasteiger partial charge on any atom is 0.321 e.